The number of amides is 1. The summed E-state index contributed by atoms with van der Waals surface area (Å²) in [6.45, 7) is 0.309. The number of carbonyl (C=O) groups is 1. The average molecular weight is 187 g/mol. The van der Waals surface area contributed by atoms with Crippen molar-refractivity contribution in [2.24, 2.45) is 5.41 Å². The van der Waals surface area contributed by atoms with Crippen LogP contribution >= 0.6 is 0 Å². The molecule has 2 nitrogen and oxygen atoms in total. The van der Waals surface area contributed by atoms with Gasteiger partial charge in [0.1, 0.15) is 0 Å². The lowest BCUT2D eigenvalue weighted by Crippen LogP contribution is -2.28. The van der Waals surface area contributed by atoms with Crippen molar-refractivity contribution in [3.05, 3.63) is 0 Å². The van der Waals surface area contributed by atoms with E-state index in [4.69, 9.17) is 0 Å². The second kappa shape index (κ2) is 1.88. The third-order valence-corrected chi connectivity index (χ3v) is 3.76. The number of fused-ring (bicyclic) bond motifs is 1. The molecule has 1 saturated carbocycles. The highest BCUT2D eigenvalue weighted by Gasteiger charge is 2.75. The molecule has 3 aliphatic rings. The molecule has 3 fully saturated rings. The topological polar surface area (TPSA) is 20.3 Å². The smallest absolute Gasteiger partial charge is 0.256 e. The third kappa shape index (κ3) is 0.790. The van der Waals surface area contributed by atoms with Gasteiger partial charge in [-0.05, 0) is 12.8 Å². The molecule has 0 aromatic carbocycles. The van der Waals surface area contributed by atoms with Gasteiger partial charge < -0.3 is 4.90 Å². The minimum Gasteiger partial charge on any atom is -0.339 e. The van der Waals surface area contributed by atoms with Crippen LogP contribution in [0.1, 0.15) is 25.7 Å². The summed E-state index contributed by atoms with van der Waals surface area (Å²) in [6, 6.07) is 0.126. The van der Waals surface area contributed by atoms with Crippen molar-refractivity contribution in [2.45, 2.75) is 37.6 Å². The lowest BCUT2D eigenvalue weighted by Gasteiger charge is -2.13. The largest absolute Gasteiger partial charge is 0.339 e. The Labute approximate surface area is 74.9 Å². The highest BCUT2D eigenvalue weighted by Crippen LogP contribution is 2.67. The number of halogens is 2. The first kappa shape index (κ1) is 7.71. The summed E-state index contributed by atoms with van der Waals surface area (Å²) < 4.78 is 26.0. The van der Waals surface area contributed by atoms with E-state index in [9.17, 15) is 13.6 Å². The predicted molar refractivity (Wildman–Crippen MR) is 41.3 cm³/mol. The van der Waals surface area contributed by atoms with Gasteiger partial charge in [-0.25, -0.2) is 8.78 Å². The van der Waals surface area contributed by atoms with Crippen molar-refractivity contribution in [3.8, 4) is 0 Å². The van der Waals surface area contributed by atoms with Crippen molar-refractivity contribution in [1.29, 1.82) is 0 Å². The Kier molecular flexibility index (Phi) is 1.12. The number of hydrogen-bond donors (Lipinski definition) is 0. The number of hydrogen-bond acceptors (Lipinski definition) is 1. The lowest BCUT2D eigenvalue weighted by atomic mass is 10.0. The van der Waals surface area contributed by atoms with Gasteiger partial charge in [-0.2, -0.15) is 0 Å². The van der Waals surface area contributed by atoms with Crippen LogP contribution in [0, 0.1) is 5.41 Å². The highest BCUT2D eigenvalue weighted by molar-refractivity contribution is 5.79. The molecule has 0 bridgehead atoms. The maximum Gasteiger partial charge on any atom is 0.256 e. The molecule has 0 N–H and O–H groups in total. The van der Waals surface area contributed by atoms with E-state index in [0.717, 1.165) is 6.42 Å². The van der Waals surface area contributed by atoms with Crippen LogP contribution in [0.3, 0.4) is 0 Å². The number of carbonyl (C=O) groups excluding carboxylic acids is 1. The number of nitrogens with zero attached hydrogens (tertiary/aromatic N) is 1. The van der Waals surface area contributed by atoms with Crippen LogP contribution in [0.2, 0.25) is 0 Å². The molecule has 2 atom stereocenters. The molecule has 72 valence electrons. The van der Waals surface area contributed by atoms with E-state index in [0.29, 0.717) is 19.4 Å². The van der Waals surface area contributed by atoms with Crippen LogP contribution in [0.4, 0.5) is 8.78 Å². The fourth-order valence-electron chi connectivity index (χ4n) is 2.84. The molecule has 1 spiro atoms. The molecular formula is C9H11F2NO. The molecule has 4 heteroatoms. The quantitative estimate of drug-likeness (QED) is 0.561. The maximum absolute atomic E-state index is 13.0. The zero-order chi connectivity index (χ0) is 9.27. The molecule has 2 unspecified atom stereocenters. The van der Waals surface area contributed by atoms with Gasteiger partial charge in [-0.1, -0.05) is 0 Å². The molecule has 2 saturated heterocycles. The van der Waals surface area contributed by atoms with Crippen LogP contribution < -0.4 is 0 Å². The van der Waals surface area contributed by atoms with E-state index >= 15 is 0 Å². The van der Waals surface area contributed by atoms with E-state index in [-0.39, 0.29) is 18.4 Å². The van der Waals surface area contributed by atoms with Gasteiger partial charge in [0.05, 0.1) is 5.41 Å². The highest BCUT2D eigenvalue weighted by atomic mass is 19.3. The molecule has 1 aliphatic carbocycles. The maximum atomic E-state index is 13.0. The predicted octanol–water partition coefficient (Wildman–Crippen LogP) is 1.41. The summed E-state index contributed by atoms with van der Waals surface area (Å²) >= 11 is 0. The molecule has 3 rings (SSSR count). The molecule has 13 heavy (non-hydrogen) atoms. The summed E-state index contributed by atoms with van der Waals surface area (Å²) in [7, 11) is 0. The van der Waals surface area contributed by atoms with E-state index in [1.54, 1.807) is 4.90 Å². The summed E-state index contributed by atoms with van der Waals surface area (Å²) in [5, 5.41) is 0. The van der Waals surface area contributed by atoms with Gasteiger partial charge in [0.15, 0.2) is 0 Å². The fraction of sp³-hybridized carbons (Fsp3) is 0.889. The standard InChI is InChI=1S/C9H11F2NO/c10-9(11)4-8(9)3-6-1-2-7(13)12(6)5-8/h6H,1-5H2. The molecule has 0 aromatic rings. The van der Waals surface area contributed by atoms with E-state index in [2.05, 4.69) is 0 Å². The number of alkyl halides is 2. The Balaban J connectivity index is 1.85. The molecule has 2 heterocycles. The van der Waals surface area contributed by atoms with Gasteiger partial charge >= 0.3 is 0 Å². The third-order valence-electron chi connectivity index (χ3n) is 3.76. The van der Waals surface area contributed by atoms with Crippen molar-refractivity contribution in [3.63, 3.8) is 0 Å². The summed E-state index contributed by atoms with van der Waals surface area (Å²) in [5.41, 5.74) is -0.812. The van der Waals surface area contributed by atoms with Crippen LogP contribution in [-0.2, 0) is 4.79 Å². The monoisotopic (exact) mass is 187 g/mol. The summed E-state index contributed by atoms with van der Waals surface area (Å²) in [5.74, 6) is -2.41. The van der Waals surface area contributed by atoms with E-state index in [1.165, 1.54) is 0 Å². The lowest BCUT2D eigenvalue weighted by molar-refractivity contribution is -0.128. The van der Waals surface area contributed by atoms with Crippen LogP contribution in [0.15, 0.2) is 0 Å². The zero-order valence-corrected chi connectivity index (χ0v) is 7.22. The van der Waals surface area contributed by atoms with Gasteiger partial charge in [0.25, 0.3) is 5.92 Å². The van der Waals surface area contributed by atoms with Gasteiger partial charge in [-0.15, -0.1) is 0 Å². The van der Waals surface area contributed by atoms with Crippen molar-refractivity contribution >= 4 is 5.91 Å². The average Bonchev–Trinajstić information content (AvgIpc) is 2.42. The minimum atomic E-state index is -2.49. The van der Waals surface area contributed by atoms with Crippen LogP contribution in [0.25, 0.3) is 0 Å². The van der Waals surface area contributed by atoms with Crippen LogP contribution in [0.5, 0.6) is 0 Å². The van der Waals surface area contributed by atoms with E-state index in [1.807, 2.05) is 0 Å². The molecule has 2 aliphatic heterocycles. The number of rotatable bonds is 0. The van der Waals surface area contributed by atoms with Gasteiger partial charge in [0, 0.05) is 25.4 Å². The Morgan fingerprint density at radius 2 is 2.15 bits per heavy atom. The zero-order valence-electron chi connectivity index (χ0n) is 7.22. The first-order valence-electron chi connectivity index (χ1n) is 4.71. The fourth-order valence-corrected chi connectivity index (χ4v) is 2.84. The molecule has 0 radical (unpaired) electrons. The SMILES string of the molecule is O=C1CCC2CC3(CN12)CC3(F)F. The Morgan fingerprint density at radius 1 is 1.46 bits per heavy atom. The second-order valence-corrected chi connectivity index (χ2v) is 4.58. The molecule has 1 amide bonds. The molecule has 0 aromatic heterocycles. The van der Waals surface area contributed by atoms with Crippen molar-refractivity contribution < 1.29 is 13.6 Å². The summed E-state index contributed by atoms with van der Waals surface area (Å²) in [4.78, 5) is 12.9. The Hall–Kier alpha value is -0.670. The normalized spacial score (nSPS) is 45.8. The van der Waals surface area contributed by atoms with Crippen molar-refractivity contribution in [1.82, 2.24) is 4.90 Å². The van der Waals surface area contributed by atoms with Crippen LogP contribution in [-0.4, -0.2) is 29.3 Å². The Bertz CT molecular complexity index is 291. The van der Waals surface area contributed by atoms with Gasteiger partial charge in [-0.3, -0.25) is 4.79 Å². The molecular weight excluding hydrogens is 176 g/mol. The first-order valence-corrected chi connectivity index (χ1v) is 4.71. The Morgan fingerprint density at radius 3 is 2.69 bits per heavy atom. The summed E-state index contributed by atoms with van der Waals surface area (Å²) in [6.07, 6.45) is 1.88. The van der Waals surface area contributed by atoms with Crippen molar-refractivity contribution in [2.75, 3.05) is 6.54 Å². The van der Waals surface area contributed by atoms with E-state index < -0.39 is 11.3 Å². The minimum absolute atomic E-state index is 0.000278. The van der Waals surface area contributed by atoms with Gasteiger partial charge in [0.2, 0.25) is 5.91 Å². The second-order valence-electron chi connectivity index (χ2n) is 4.58. The first-order chi connectivity index (χ1) is 6.04.